The molecule has 1 aromatic carbocycles. The van der Waals surface area contributed by atoms with Crippen molar-refractivity contribution in [2.75, 3.05) is 19.4 Å². The monoisotopic (exact) mass is 288 g/mol. The topological polar surface area (TPSA) is 35.5 Å². The van der Waals surface area contributed by atoms with Crippen LogP contribution < -0.4 is 0 Å². The fourth-order valence-corrected chi connectivity index (χ4v) is 3.09. The maximum Gasteiger partial charge on any atom is 0.334 e. The molecular weight excluding hydrogens is 271 g/mol. The van der Waals surface area contributed by atoms with Crippen molar-refractivity contribution < 1.29 is 13.6 Å². The van der Waals surface area contributed by atoms with Crippen molar-refractivity contribution in [3.63, 3.8) is 0 Å². The molecule has 0 radical (unpaired) electrons. The average Bonchev–Trinajstić information content (AvgIpc) is 2.32. The van der Waals surface area contributed by atoms with Crippen LogP contribution >= 0.6 is 19.2 Å². The zero-order chi connectivity index (χ0) is 13.4. The molecule has 0 aliphatic carbocycles. The van der Waals surface area contributed by atoms with E-state index in [0.29, 0.717) is 18.2 Å². The Morgan fingerprint density at radius 1 is 1.22 bits per heavy atom. The number of hydrogen-bond acceptors (Lipinski definition) is 3. The molecule has 3 nitrogen and oxygen atoms in total. The fraction of sp³-hybridized carbons (Fsp3) is 0.385. The second kappa shape index (κ2) is 7.75. The van der Waals surface area contributed by atoms with E-state index >= 15 is 0 Å². The highest BCUT2D eigenvalue weighted by atomic mass is 35.5. The lowest BCUT2D eigenvalue weighted by Gasteiger charge is -2.14. The van der Waals surface area contributed by atoms with Crippen molar-refractivity contribution in [2.24, 2.45) is 0 Å². The third-order valence-electron chi connectivity index (χ3n) is 2.18. The van der Waals surface area contributed by atoms with Crippen LogP contribution in [0.15, 0.2) is 30.3 Å². The maximum atomic E-state index is 12.2. The van der Waals surface area contributed by atoms with Crippen LogP contribution in [0.4, 0.5) is 0 Å². The van der Waals surface area contributed by atoms with Crippen LogP contribution in [-0.4, -0.2) is 19.4 Å². The van der Waals surface area contributed by atoms with Gasteiger partial charge in [-0.05, 0) is 25.5 Å². The van der Waals surface area contributed by atoms with E-state index < -0.39 is 7.60 Å². The summed E-state index contributed by atoms with van der Waals surface area (Å²) < 4.78 is 22.5. The minimum Gasteiger partial charge on any atom is -0.309 e. The van der Waals surface area contributed by atoms with Crippen molar-refractivity contribution in [1.82, 2.24) is 0 Å². The van der Waals surface area contributed by atoms with Crippen LogP contribution in [0.3, 0.4) is 0 Å². The summed E-state index contributed by atoms with van der Waals surface area (Å²) in [7, 11) is -3.00. The average molecular weight is 289 g/mol. The highest BCUT2D eigenvalue weighted by Crippen LogP contribution is 2.48. The quantitative estimate of drug-likeness (QED) is 0.687. The molecule has 0 heterocycles. The summed E-state index contributed by atoms with van der Waals surface area (Å²) >= 11 is 6.01. The lowest BCUT2D eigenvalue weighted by atomic mass is 10.2. The van der Waals surface area contributed by atoms with Gasteiger partial charge in [0.1, 0.15) is 0 Å². The van der Waals surface area contributed by atoms with Gasteiger partial charge in [-0.15, -0.1) is 0 Å². The van der Waals surface area contributed by atoms with Gasteiger partial charge in [-0.2, -0.15) is 0 Å². The SMILES string of the molecule is CCOP(=O)(CC=Cc1ccccc1Cl)OCC. The predicted molar refractivity (Wildman–Crippen MR) is 76.2 cm³/mol. The summed E-state index contributed by atoms with van der Waals surface area (Å²) in [6, 6.07) is 7.47. The molecule has 0 fully saturated rings. The maximum absolute atomic E-state index is 12.2. The van der Waals surface area contributed by atoms with Crippen LogP contribution in [0.5, 0.6) is 0 Å². The third-order valence-corrected chi connectivity index (χ3v) is 4.49. The van der Waals surface area contributed by atoms with Gasteiger partial charge >= 0.3 is 7.60 Å². The Morgan fingerprint density at radius 3 is 2.39 bits per heavy atom. The van der Waals surface area contributed by atoms with E-state index in [1.807, 2.05) is 30.3 Å². The fourth-order valence-electron chi connectivity index (χ4n) is 1.46. The van der Waals surface area contributed by atoms with E-state index in [2.05, 4.69) is 0 Å². The van der Waals surface area contributed by atoms with Gasteiger partial charge in [0.15, 0.2) is 0 Å². The van der Waals surface area contributed by atoms with Crippen LogP contribution in [0.2, 0.25) is 5.02 Å². The van der Waals surface area contributed by atoms with E-state index in [-0.39, 0.29) is 6.16 Å². The molecule has 1 rings (SSSR count). The van der Waals surface area contributed by atoms with Crippen molar-refractivity contribution in [3.8, 4) is 0 Å². The number of allylic oxidation sites excluding steroid dienone is 1. The second-order valence-corrected chi connectivity index (χ2v) is 6.06. The van der Waals surface area contributed by atoms with Crippen molar-refractivity contribution in [3.05, 3.63) is 40.9 Å². The molecule has 0 atom stereocenters. The van der Waals surface area contributed by atoms with Crippen molar-refractivity contribution >= 4 is 25.3 Å². The molecule has 100 valence electrons. The van der Waals surface area contributed by atoms with Crippen LogP contribution in [0.25, 0.3) is 6.08 Å². The van der Waals surface area contributed by atoms with Gasteiger partial charge in [0.25, 0.3) is 0 Å². The molecule has 1 aromatic rings. The molecular formula is C13H18ClO3P. The third kappa shape index (κ3) is 4.95. The molecule has 0 amide bonds. The summed E-state index contributed by atoms with van der Waals surface area (Å²) in [4.78, 5) is 0. The number of halogens is 1. The molecule has 0 unspecified atom stereocenters. The van der Waals surface area contributed by atoms with Crippen LogP contribution in [0, 0.1) is 0 Å². The summed E-state index contributed by atoms with van der Waals surface area (Å²) in [5.74, 6) is 0. The first-order valence-electron chi connectivity index (χ1n) is 5.90. The zero-order valence-electron chi connectivity index (χ0n) is 10.6. The molecule has 0 aliphatic heterocycles. The van der Waals surface area contributed by atoms with Crippen LogP contribution in [0.1, 0.15) is 19.4 Å². The van der Waals surface area contributed by atoms with Crippen LogP contribution in [-0.2, 0) is 13.6 Å². The Kier molecular flexibility index (Phi) is 6.66. The first-order valence-corrected chi connectivity index (χ1v) is 8.01. The van der Waals surface area contributed by atoms with E-state index in [9.17, 15) is 4.57 Å². The molecule has 18 heavy (non-hydrogen) atoms. The molecule has 0 N–H and O–H groups in total. The highest BCUT2D eigenvalue weighted by Gasteiger charge is 2.20. The highest BCUT2D eigenvalue weighted by molar-refractivity contribution is 7.54. The largest absolute Gasteiger partial charge is 0.334 e. The lowest BCUT2D eigenvalue weighted by Crippen LogP contribution is -1.98. The van der Waals surface area contributed by atoms with E-state index in [4.69, 9.17) is 20.6 Å². The van der Waals surface area contributed by atoms with Gasteiger partial charge in [-0.1, -0.05) is 42.0 Å². The summed E-state index contributed by atoms with van der Waals surface area (Å²) in [5, 5.41) is 0.663. The zero-order valence-corrected chi connectivity index (χ0v) is 12.3. The van der Waals surface area contributed by atoms with Gasteiger partial charge in [0, 0.05) is 5.02 Å². The van der Waals surface area contributed by atoms with Gasteiger partial charge in [0.05, 0.1) is 19.4 Å². The molecule has 5 heteroatoms. The molecule has 0 saturated carbocycles. The van der Waals surface area contributed by atoms with Crippen molar-refractivity contribution in [1.29, 1.82) is 0 Å². The Hall–Kier alpha value is -0.600. The Labute approximate surface area is 113 Å². The standard InChI is InChI=1S/C13H18ClO3P/c1-3-16-18(15,17-4-2)11-7-9-12-8-5-6-10-13(12)14/h5-10H,3-4,11H2,1-2H3. The Bertz CT molecular complexity index is 436. The van der Waals surface area contributed by atoms with E-state index in [0.717, 1.165) is 5.56 Å². The molecule has 0 bridgehead atoms. The molecule has 0 saturated heterocycles. The second-order valence-electron chi connectivity index (χ2n) is 3.55. The van der Waals surface area contributed by atoms with Crippen molar-refractivity contribution in [2.45, 2.75) is 13.8 Å². The van der Waals surface area contributed by atoms with E-state index in [1.165, 1.54) is 0 Å². The molecule has 0 aromatic heterocycles. The van der Waals surface area contributed by atoms with Gasteiger partial charge in [0.2, 0.25) is 0 Å². The normalized spacial score (nSPS) is 12.2. The first kappa shape index (κ1) is 15.5. The lowest BCUT2D eigenvalue weighted by molar-refractivity contribution is 0.222. The van der Waals surface area contributed by atoms with Gasteiger partial charge in [-0.3, -0.25) is 4.57 Å². The van der Waals surface area contributed by atoms with E-state index in [1.54, 1.807) is 19.9 Å². The number of hydrogen-bond donors (Lipinski definition) is 0. The van der Waals surface area contributed by atoms with Gasteiger partial charge < -0.3 is 9.05 Å². The molecule has 0 spiro atoms. The smallest absolute Gasteiger partial charge is 0.309 e. The summed E-state index contributed by atoms with van der Waals surface area (Å²) in [5.41, 5.74) is 0.888. The minimum absolute atomic E-state index is 0.250. The molecule has 0 aliphatic rings. The Morgan fingerprint density at radius 2 is 1.83 bits per heavy atom. The summed E-state index contributed by atoms with van der Waals surface area (Å²) in [6.45, 7) is 4.33. The minimum atomic E-state index is -3.00. The number of rotatable bonds is 7. The number of benzene rings is 1. The summed E-state index contributed by atoms with van der Waals surface area (Å²) in [6.07, 6.45) is 3.85. The Balaban J connectivity index is 2.68. The predicted octanol–water partition coefficient (Wildman–Crippen LogP) is 4.62. The first-order chi connectivity index (χ1) is 8.61. The van der Waals surface area contributed by atoms with Gasteiger partial charge in [-0.25, -0.2) is 0 Å².